The molecule has 0 nitrogen and oxygen atoms in total. The van der Waals surface area contributed by atoms with Crippen molar-refractivity contribution in [2.45, 2.75) is 58.9 Å². The van der Waals surface area contributed by atoms with Gasteiger partial charge in [-0.2, -0.15) is 0 Å². The normalized spacial score (nSPS) is 14.1. The summed E-state index contributed by atoms with van der Waals surface area (Å²) >= 11 is 0. The van der Waals surface area contributed by atoms with Gasteiger partial charge in [-0.25, -0.2) is 0 Å². The highest BCUT2D eigenvalue weighted by atomic mass is 28.4. The maximum Gasteiger partial charge on any atom is 0.0676 e. The fraction of sp³-hybridized carbons (Fsp3) is 0.818. The first-order chi connectivity index (χ1) is 5.84. The van der Waals surface area contributed by atoms with Gasteiger partial charge in [0.25, 0.3) is 0 Å². The van der Waals surface area contributed by atoms with Crippen molar-refractivity contribution in [2.75, 3.05) is 0 Å². The fourth-order valence-corrected chi connectivity index (χ4v) is 17.9. The van der Waals surface area contributed by atoms with Gasteiger partial charge in [-0.05, 0) is 0 Å². The summed E-state index contributed by atoms with van der Waals surface area (Å²) < 4.78 is 0. The van der Waals surface area contributed by atoms with Crippen molar-refractivity contribution in [1.82, 2.24) is 0 Å². The molecule has 0 aromatic rings. The predicted molar refractivity (Wildman–Crippen MR) is 78.1 cm³/mol. The minimum atomic E-state index is -1.07. The van der Waals surface area contributed by atoms with Gasteiger partial charge >= 0.3 is 0 Å². The lowest BCUT2D eigenvalue weighted by molar-refractivity contribution is 1.62. The third-order valence-corrected chi connectivity index (χ3v) is 11.9. The van der Waals surface area contributed by atoms with Crippen LogP contribution in [0.4, 0.5) is 0 Å². The first-order valence-corrected chi connectivity index (χ1v) is 16.2. The maximum atomic E-state index is 2.70. The third kappa shape index (κ3) is 5.32. The SMILES string of the molecule is C[Si](C)(C)C=C([Si](C)(C)C)[Si](C)(C)C. The van der Waals surface area contributed by atoms with Crippen molar-refractivity contribution < 1.29 is 0 Å². The summed E-state index contributed by atoms with van der Waals surface area (Å²) in [6.07, 6.45) is 0. The largest absolute Gasteiger partial charge is 0.103 e. The highest BCUT2D eigenvalue weighted by Gasteiger charge is 2.32. The van der Waals surface area contributed by atoms with Crippen LogP contribution >= 0.6 is 0 Å². The molecule has 0 amide bonds. The van der Waals surface area contributed by atoms with Gasteiger partial charge < -0.3 is 0 Å². The van der Waals surface area contributed by atoms with E-state index in [9.17, 15) is 0 Å². The van der Waals surface area contributed by atoms with Crippen LogP contribution in [0.3, 0.4) is 0 Å². The van der Waals surface area contributed by atoms with E-state index in [1.54, 1.807) is 0 Å². The van der Waals surface area contributed by atoms with Crippen LogP contribution in [0.5, 0.6) is 0 Å². The molecule has 0 aliphatic rings. The quantitative estimate of drug-likeness (QED) is 0.639. The zero-order chi connectivity index (χ0) is 11.8. The van der Waals surface area contributed by atoms with Crippen LogP contribution in [-0.4, -0.2) is 24.2 Å². The summed E-state index contributed by atoms with van der Waals surface area (Å²) in [6.45, 7) is 22.3. The average molecular weight is 245 g/mol. The predicted octanol–water partition coefficient (Wildman–Crippen LogP) is 4.55. The van der Waals surface area contributed by atoms with Gasteiger partial charge in [0.15, 0.2) is 0 Å². The van der Waals surface area contributed by atoms with Gasteiger partial charge in [-0.3, -0.25) is 0 Å². The molecular formula is C11H28Si3. The Kier molecular flexibility index (Phi) is 4.22. The molecule has 0 saturated heterocycles. The number of hydrogen-bond donors (Lipinski definition) is 0. The Balaban J connectivity index is 5.26. The van der Waals surface area contributed by atoms with Gasteiger partial charge in [0.05, 0.1) is 24.2 Å². The Morgan fingerprint density at radius 2 is 0.929 bits per heavy atom. The molecule has 0 unspecified atom stereocenters. The molecule has 0 spiro atoms. The minimum Gasteiger partial charge on any atom is -0.103 e. The topological polar surface area (TPSA) is 0 Å². The summed E-state index contributed by atoms with van der Waals surface area (Å²) in [6, 6.07) is 0. The second-order valence-corrected chi connectivity index (χ2v) is 23.0. The molecule has 0 aliphatic carbocycles. The lowest BCUT2D eigenvalue weighted by Gasteiger charge is -2.33. The molecule has 3 heteroatoms. The highest BCUT2D eigenvalue weighted by Crippen LogP contribution is 2.27. The Morgan fingerprint density at radius 1 is 0.643 bits per heavy atom. The Labute approximate surface area is 93.8 Å². The molecule has 0 fully saturated rings. The second kappa shape index (κ2) is 4.10. The molecule has 0 aromatic heterocycles. The van der Waals surface area contributed by atoms with Crippen molar-refractivity contribution in [3.8, 4) is 0 Å². The molecule has 0 aromatic carbocycles. The van der Waals surface area contributed by atoms with Crippen molar-refractivity contribution in [3.63, 3.8) is 0 Å². The second-order valence-electron chi connectivity index (χ2n) is 7.42. The van der Waals surface area contributed by atoms with E-state index in [1.165, 1.54) is 0 Å². The van der Waals surface area contributed by atoms with E-state index >= 15 is 0 Å². The van der Waals surface area contributed by atoms with Gasteiger partial charge in [-0.15, -0.1) is 5.70 Å². The number of rotatable bonds is 3. The molecule has 0 aliphatic heterocycles. The zero-order valence-corrected chi connectivity index (χ0v) is 14.6. The molecule has 84 valence electrons. The van der Waals surface area contributed by atoms with Crippen LogP contribution in [0, 0.1) is 0 Å². The van der Waals surface area contributed by atoms with Crippen LogP contribution in [-0.2, 0) is 0 Å². The molecule has 0 radical (unpaired) electrons. The van der Waals surface area contributed by atoms with E-state index in [1.807, 2.05) is 4.82 Å². The van der Waals surface area contributed by atoms with Crippen molar-refractivity contribution >= 4 is 24.2 Å². The van der Waals surface area contributed by atoms with Crippen LogP contribution in [0.1, 0.15) is 0 Å². The highest BCUT2D eigenvalue weighted by molar-refractivity contribution is 7.06. The van der Waals surface area contributed by atoms with Crippen LogP contribution < -0.4 is 0 Å². The summed E-state index contributed by atoms with van der Waals surface area (Å²) in [5.74, 6) is 0. The third-order valence-electron chi connectivity index (χ3n) is 2.19. The standard InChI is InChI=1S/C11H28Si3/c1-12(2,3)10-11(13(4,5)6)14(7,8)9/h10H,1-9H3. The molecule has 0 heterocycles. The van der Waals surface area contributed by atoms with E-state index in [0.717, 1.165) is 0 Å². The van der Waals surface area contributed by atoms with E-state index in [2.05, 4.69) is 64.6 Å². The van der Waals surface area contributed by atoms with Gasteiger partial charge in [0, 0.05) is 0 Å². The fourth-order valence-electron chi connectivity index (χ4n) is 1.99. The average Bonchev–Trinajstić information content (AvgIpc) is 1.75. The van der Waals surface area contributed by atoms with Gasteiger partial charge in [-0.1, -0.05) is 63.7 Å². The lowest BCUT2D eigenvalue weighted by atomic mass is 11.2. The van der Waals surface area contributed by atoms with E-state index < -0.39 is 24.2 Å². The van der Waals surface area contributed by atoms with Crippen molar-refractivity contribution in [2.24, 2.45) is 0 Å². The Morgan fingerprint density at radius 3 is 1.00 bits per heavy atom. The molecule has 0 bridgehead atoms. The van der Waals surface area contributed by atoms with Crippen LogP contribution in [0.15, 0.2) is 10.5 Å². The summed E-state index contributed by atoms with van der Waals surface area (Å²) in [5.41, 5.74) is 2.70. The lowest BCUT2D eigenvalue weighted by Crippen LogP contribution is -2.42. The first kappa shape index (κ1) is 14.4. The van der Waals surface area contributed by atoms with Crippen LogP contribution in [0.25, 0.3) is 0 Å². The smallest absolute Gasteiger partial charge is 0.0676 e. The first-order valence-electron chi connectivity index (χ1n) is 5.58. The zero-order valence-electron chi connectivity index (χ0n) is 11.6. The monoisotopic (exact) mass is 244 g/mol. The Bertz CT molecular complexity index is 204. The molecular weight excluding hydrogens is 216 g/mol. The molecule has 14 heavy (non-hydrogen) atoms. The number of hydrogen-bond acceptors (Lipinski definition) is 0. The van der Waals surface area contributed by atoms with Crippen molar-refractivity contribution in [1.29, 1.82) is 0 Å². The Hall–Kier alpha value is 0.391. The molecule has 0 N–H and O–H groups in total. The molecule has 0 rings (SSSR count). The molecule has 0 saturated carbocycles. The van der Waals surface area contributed by atoms with E-state index in [-0.39, 0.29) is 0 Å². The minimum absolute atomic E-state index is 1.03. The van der Waals surface area contributed by atoms with E-state index in [4.69, 9.17) is 0 Å². The maximum absolute atomic E-state index is 2.70. The summed E-state index contributed by atoms with van der Waals surface area (Å²) in [5, 5.41) is 0. The summed E-state index contributed by atoms with van der Waals surface area (Å²) in [7, 11) is -3.18. The van der Waals surface area contributed by atoms with Crippen molar-refractivity contribution in [3.05, 3.63) is 10.5 Å². The van der Waals surface area contributed by atoms with Gasteiger partial charge in [0.1, 0.15) is 0 Å². The van der Waals surface area contributed by atoms with E-state index in [0.29, 0.717) is 0 Å². The molecule has 0 atom stereocenters. The van der Waals surface area contributed by atoms with Gasteiger partial charge in [0.2, 0.25) is 0 Å². The summed E-state index contributed by atoms with van der Waals surface area (Å²) in [4.78, 5) is 1.89. The van der Waals surface area contributed by atoms with Crippen LogP contribution in [0.2, 0.25) is 58.9 Å².